The summed E-state index contributed by atoms with van der Waals surface area (Å²) in [5.41, 5.74) is 6.71. The molecule has 132 valence electrons. The SMILES string of the molecule is CCOCCC(=O)Nc1ccc(CCC(=O)NCCC(N)=O)cc1. The van der Waals surface area contributed by atoms with Gasteiger partial charge in [0.1, 0.15) is 0 Å². The van der Waals surface area contributed by atoms with E-state index in [-0.39, 0.29) is 24.8 Å². The first-order valence-electron chi connectivity index (χ1n) is 8.02. The van der Waals surface area contributed by atoms with Crippen molar-refractivity contribution < 1.29 is 19.1 Å². The predicted octanol–water partition coefficient (Wildman–Crippen LogP) is 0.976. The van der Waals surface area contributed by atoms with Crippen molar-refractivity contribution in [2.75, 3.05) is 25.1 Å². The number of hydrogen-bond acceptors (Lipinski definition) is 4. The zero-order chi connectivity index (χ0) is 17.8. The summed E-state index contributed by atoms with van der Waals surface area (Å²) in [4.78, 5) is 33.8. The molecule has 3 amide bonds. The smallest absolute Gasteiger partial charge is 0.226 e. The first-order valence-corrected chi connectivity index (χ1v) is 8.02. The molecule has 7 heteroatoms. The fraction of sp³-hybridized carbons (Fsp3) is 0.471. The molecule has 0 spiro atoms. The summed E-state index contributed by atoms with van der Waals surface area (Å²) in [6.07, 6.45) is 1.38. The van der Waals surface area contributed by atoms with E-state index in [1.165, 1.54) is 0 Å². The molecule has 0 saturated carbocycles. The highest BCUT2D eigenvalue weighted by Crippen LogP contribution is 2.11. The normalized spacial score (nSPS) is 10.2. The van der Waals surface area contributed by atoms with Crippen LogP contribution in [0, 0.1) is 0 Å². The van der Waals surface area contributed by atoms with Crippen LogP contribution in [0.5, 0.6) is 0 Å². The van der Waals surface area contributed by atoms with Crippen molar-refractivity contribution in [2.24, 2.45) is 5.73 Å². The third-order valence-electron chi connectivity index (χ3n) is 3.25. The van der Waals surface area contributed by atoms with Gasteiger partial charge in [-0.1, -0.05) is 12.1 Å². The van der Waals surface area contributed by atoms with Gasteiger partial charge >= 0.3 is 0 Å². The van der Waals surface area contributed by atoms with Crippen LogP contribution < -0.4 is 16.4 Å². The van der Waals surface area contributed by atoms with Crippen molar-refractivity contribution in [3.05, 3.63) is 29.8 Å². The molecule has 0 aliphatic carbocycles. The number of anilines is 1. The Bertz CT molecular complexity index is 543. The Balaban J connectivity index is 2.30. The second kappa shape index (κ2) is 11.2. The highest BCUT2D eigenvalue weighted by Gasteiger charge is 2.05. The van der Waals surface area contributed by atoms with Gasteiger partial charge in [0.15, 0.2) is 0 Å². The van der Waals surface area contributed by atoms with Crippen LogP contribution in [0.3, 0.4) is 0 Å². The summed E-state index contributed by atoms with van der Waals surface area (Å²) in [7, 11) is 0. The zero-order valence-electron chi connectivity index (χ0n) is 14.0. The standard InChI is InChI=1S/C17H25N3O4/c1-2-24-12-10-17(23)20-14-6-3-13(4-7-14)5-8-16(22)19-11-9-15(18)21/h3-4,6-7H,2,5,8-12H2,1H3,(H2,18,21)(H,19,22)(H,20,23). The van der Waals surface area contributed by atoms with Crippen molar-refractivity contribution in [2.45, 2.75) is 32.6 Å². The number of carbonyl (C=O) groups is 3. The minimum atomic E-state index is -0.436. The van der Waals surface area contributed by atoms with Gasteiger partial charge in [0.05, 0.1) is 13.0 Å². The molecule has 0 aliphatic rings. The van der Waals surface area contributed by atoms with Gasteiger partial charge in [-0.05, 0) is 31.0 Å². The van der Waals surface area contributed by atoms with Crippen molar-refractivity contribution in [3.8, 4) is 0 Å². The summed E-state index contributed by atoms with van der Waals surface area (Å²) in [5.74, 6) is -0.649. The number of nitrogens with two attached hydrogens (primary N) is 1. The van der Waals surface area contributed by atoms with E-state index in [4.69, 9.17) is 10.5 Å². The van der Waals surface area contributed by atoms with E-state index in [2.05, 4.69) is 10.6 Å². The predicted molar refractivity (Wildman–Crippen MR) is 91.3 cm³/mol. The molecule has 0 bridgehead atoms. The third kappa shape index (κ3) is 8.89. The number of primary amides is 1. The molecular formula is C17H25N3O4. The van der Waals surface area contributed by atoms with Gasteiger partial charge in [0.2, 0.25) is 17.7 Å². The average Bonchev–Trinajstić information content (AvgIpc) is 2.54. The largest absolute Gasteiger partial charge is 0.381 e. The number of nitrogens with one attached hydrogen (secondary N) is 2. The number of amides is 3. The van der Waals surface area contributed by atoms with Crippen LogP contribution in [0.25, 0.3) is 0 Å². The quantitative estimate of drug-likeness (QED) is 0.523. The van der Waals surface area contributed by atoms with E-state index in [1.807, 2.05) is 19.1 Å². The van der Waals surface area contributed by atoms with Crippen molar-refractivity contribution in [3.63, 3.8) is 0 Å². The van der Waals surface area contributed by atoms with Gasteiger partial charge in [-0.2, -0.15) is 0 Å². The third-order valence-corrected chi connectivity index (χ3v) is 3.25. The summed E-state index contributed by atoms with van der Waals surface area (Å²) in [6, 6.07) is 7.35. The molecule has 0 aliphatic heterocycles. The Morgan fingerprint density at radius 2 is 1.75 bits per heavy atom. The van der Waals surface area contributed by atoms with Gasteiger partial charge in [-0.3, -0.25) is 14.4 Å². The molecule has 0 fully saturated rings. The number of hydrogen-bond donors (Lipinski definition) is 3. The maximum atomic E-state index is 11.7. The van der Waals surface area contributed by atoms with Crippen LogP contribution in [0.2, 0.25) is 0 Å². The van der Waals surface area contributed by atoms with Crippen LogP contribution in [-0.2, 0) is 25.5 Å². The summed E-state index contributed by atoms with van der Waals surface area (Å²) < 4.78 is 5.13. The van der Waals surface area contributed by atoms with Crippen LogP contribution in [0.1, 0.15) is 31.7 Å². The molecule has 0 radical (unpaired) electrons. The number of rotatable bonds is 11. The highest BCUT2D eigenvalue weighted by atomic mass is 16.5. The van der Waals surface area contributed by atoms with E-state index in [0.29, 0.717) is 38.2 Å². The number of aryl methyl sites for hydroxylation is 1. The molecule has 0 aromatic heterocycles. The lowest BCUT2D eigenvalue weighted by Gasteiger charge is -2.07. The maximum absolute atomic E-state index is 11.7. The Kier molecular flexibility index (Phi) is 9.14. The topological polar surface area (TPSA) is 111 Å². The molecule has 0 atom stereocenters. The van der Waals surface area contributed by atoms with E-state index >= 15 is 0 Å². The number of benzene rings is 1. The lowest BCUT2D eigenvalue weighted by atomic mass is 10.1. The average molecular weight is 335 g/mol. The van der Waals surface area contributed by atoms with Gasteiger partial charge in [0.25, 0.3) is 0 Å². The Morgan fingerprint density at radius 1 is 1.04 bits per heavy atom. The molecule has 1 aromatic carbocycles. The van der Waals surface area contributed by atoms with E-state index in [1.54, 1.807) is 12.1 Å². The van der Waals surface area contributed by atoms with Crippen LogP contribution >= 0.6 is 0 Å². The van der Waals surface area contributed by atoms with Crippen molar-refractivity contribution >= 4 is 23.4 Å². The fourth-order valence-corrected chi connectivity index (χ4v) is 1.96. The van der Waals surface area contributed by atoms with Crippen molar-refractivity contribution in [1.82, 2.24) is 5.32 Å². The molecule has 24 heavy (non-hydrogen) atoms. The van der Waals surface area contributed by atoms with E-state index < -0.39 is 5.91 Å². The lowest BCUT2D eigenvalue weighted by Crippen LogP contribution is -2.27. The Labute approximate surface area is 141 Å². The van der Waals surface area contributed by atoms with E-state index in [9.17, 15) is 14.4 Å². The summed E-state index contributed by atoms with van der Waals surface area (Å²) in [6.45, 7) is 3.15. The second-order valence-electron chi connectivity index (χ2n) is 5.26. The summed E-state index contributed by atoms with van der Waals surface area (Å²) in [5, 5.41) is 5.43. The van der Waals surface area contributed by atoms with Crippen LogP contribution in [0.15, 0.2) is 24.3 Å². The van der Waals surface area contributed by atoms with Crippen LogP contribution in [0.4, 0.5) is 5.69 Å². The first-order chi connectivity index (χ1) is 11.5. The Morgan fingerprint density at radius 3 is 2.38 bits per heavy atom. The minimum absolute atomic E-state index is 0.0926. The van der Waals surface area contributed by atoms with Gasteiger partial charge < -0.3 is 21.1 Å². The van der Waals surface area contributed by atoms with Crippen molar-refractivity contribution in [1.29, 1.82) is 0 Å². The molecule has 7 nitrogen and oxygen atoms in total. The second-order valence-corrected chi connectivity index (χ2v) is 5.26. The maximum Gasteiger partial charge on any atom is 0.226 e. The van der Waals surface area contributed by atoms with Crippen LogP contribution in [-0.4, -0.2) is 37.5 Å². The molecule has 0 heterocycles. The molecule has 4 N–H and O–H groups in total. The number of carbonyl (C=O) groups excluding carboxylic acids is 3. The molecule has 1 rings (SSSR count). The molecular weight excluding hydrogens is 310 g/mol. The monoisotopic (exact) mass is 335 g/mol. The zero-order valence-corrected chi connectivity index (χ0v) is 14.0. The molecule has 1 aromatic rings. The molecule has 0 unspecified atom stereocenters. The molecule has 0 saturated heterocycles. The van der Waals surface area contributed by atoms with Gasteiger partial charge in [-0.15, -0.1) is 0 Å². The van der Waals surface area contributed by atoms with Gasteiger partial charge in [-0.25, -0.2) is 0 Å². The summed E-state index contributed by atoms with van der Waals surface area (Å²) >= 11 is 0. The Hall–Kier alpha value is -2.41. The first kappa shape index (κ1) is 19.6. The van der Waals surface area contributed by atoms with E-state index in [0.717, 1.165) is 5.56 Å². The fourth-order valence-electron chi connectivity index (χ4n) is 1.96. The minimum Gasteiger partial charge on any atom is -0.381 e. The highest BCUT2D eigenvalue weighted by molar-refractivity contribution is 5.90. The van der Waals surface area contributed by atoms with Gasteiger partial charge in [0, 0.05) is 31.7 Å². The lowest BCUT2D eigenvalue weighted by molar-refractivity contribution is -0.121. The number of ether oxygens (including phenoxy) is 1.